The van der Waals surface area contributed by atoms with Crippen LogP contribution in [0.5, 0.6) is 11.5 Å². The van der Waals surface area contributed by atoms with Gasteiger partial charge in [-0.3, -0.25) is 24.0 Å². The number of aromatic hydroxyl groups is 1. The van der Waals surface area contributed by atoms with Crippen LogP contribution in [0, 0.1) is 30.6 Å². The number of phenolic OH excluding ortho intramolecular Hbond substituents is 1. The van der Waals surface area contributed by atoms with E-state index in [9.17, 15) is 29.1 Å². The molecule has 246 valence electrons. The highest BCUT2D eigenvalue weighted by atomic mass is 16.7. The van der Waals surface area contributed by atoms with Gasteiger partial charge in [0.15, 0.2) is 5.78 Å². The van der Waals surface area contributed by atoms with E-state index in [0.29, 0.717) is 17.9 Å². The first kappa shape index (κ1) is 34.4. The number of ether oxygens (including phenoxy) is 3. The molecule has 1 amide bonds. The second-order valence-corrected chi connectivity index (χ2v) is 13.1. The van der Waals surface area contributed by atoms with Crippen molar-refractivity contribution in [2.75, 3.05) is 0 Å². The van der Waals surface area contributed by atoms with E-state index in [1.807, 2.05) is 13.0 Å². The second-order valence-electron chi connectivity index (χ2n) is 13.1. The van der Waals surface area contributed by atoms with Crippen molar-refractivity contribution < 1.29 is 43.3 Å². The van der Waals surface area contributed by atoms with Crippen molar-refractivity contribution >= 4 is 29.2 Å². The number of nitrogens with one attached hydrogen (secondary N) is 1. The Labute approximate surface area is 269 Å². The van der Waals surface area contributed by atoms with Gasteiger partial charge in [0.05, 0.1) is 28.6 Å². The van der Waals surface area contributed by atoms with Gasteiger partial charge in [-0.15, -0.1) is 0 Å². The number of Topliss-reactive ketones (excluding diaryl/α,β-unsaturated/α-hetero) is 2. The first-order valence-electron chi connectivity index (χ1n) is 15.7. The summed E-state index contributed by atoms with van der Waals surface area (Å²) in [5.74, 6) is -5.17. The zero-order valence-corrected chi connectivity index (χ0v) is 27.7. The number of carbonyl (C=O) groups is 5. The molecule has 10 nitrogen and oxygen atoms in total. The zero-order chi connectivity index (χ0) is 34.1. The molecule has 5 bridgehead atoms. The first-order chi connectivity index (χ1) is 21.6. The Kier molecular flexibility index (Phi) is 10.1. The Morgan fingerprint density at radius 3 is 2.39 bits per heavy atom. The maximum absolute atomic E-state index is 13.7. The van der Waals surface area contributed by atoms with Crippen LogP contribution in [0.2, 0.25) is 0 Å². The lowest BCUT2D eigenvalue weighted by Crippen LogP contribution is -2.38. The fraction of sp³-hybridized carbons (Fsp3) is 0.472. The fourth-order valence-electron chi connectivity index (χ4n) is 6.52. The van der Waals surface area contributed by atoms with Crippen LogP contribution in [0.3, 0.4) is 0 Å². The van der Waals surface area contributed by atoms with Gasteiger partial charge in [0.1, 0.15) is 17.6 Å². The highest BCUT2D eigenvalue weighted by Crippen LogP contribution is 2.47. The van der Waals surface area contributed by atoms with Crippen LogP contribution in [-0.4, -0.2) is 46.2 Å². The second kappa shape index (κ2) is 13.5. The van der Waals surface area contributed by atoms with Crippen LogP contribution < -0.4 is 10.1 Å². The van der Waals surface area contributed by atoms with Crippen molar-refractivity contribution in [1.82, 2.24) is 5.32 Å². The van der Waals surface area contributed by atoms with Crippen LogP contribution >= 0.6 is 0 Å². The molecular formula is C36H43NO9. The van der Waals surface area contributed by atoms with Crippen LogP contribution in [0.1, 0.15) is 104 Å². The quantitative estimate of drug-likeness (QED) is 0.352. The average molecular weight is 634 g/mol. The summed E-state index contributed by atoms with van der Waals surface area (Å²) in [6.07, 6.45) is 11.2. The molecule has 5 rings (SSSR count). The summed E-state index contributed by atoms with van der Waals surface area (Å²) in [5.41, 5.74) is -0.791. The van der Waals surface area contributed by atoms with Gasteiger partial charge in [-0.05, 0) is 62.9 Å². The molecular weight excluding hydrogens is 590 g/mol. The van der Waals surface area contributed by atoms with E-state index < -0.39 is 34.8 Å². The molecule has 0 saturated heterocycles. The van der Waals surface area contributed by atoms with Crippen molar-refractivity contribution in [3.05, 3.63) is 70.2 Å². The van der Waals surface area contributed by atoms with Crippen LogP contribution in [-0.2, 0) is 19.1 Å². The number of ketones is 3. The summed E-state index contributed by atoms with van der Waals surface area (Å²) in [7, 11) is 0. The van der Waals surface area contributed by atoms with Gasteiger partial charge >= 0.3 is 11.8 Å². The molecule has 1 aromatic carbocycles. The van der Waals surface area contributed by atoms with E-state index in [1.54, 1.807) is 25.2 Å². The largest absolute Gasteiger partial charge is 0.507 e. The lowest BCUT2D eigenvalue weighted by atomic mass is 9.82. The number of rotatable bonds is 1. The van der Waals surface area contributed by atoms with Crippen LogP contribution in [0.15, 0.2) is 47.9 Å². The number of esters is 1. The van der Waals surface area contributed by atoms with E-state index in [-0.39, 0.29) is 63.5 Å². The van der Waals surface area contributed by atoms with Gasteiger partial charge < -0.3 is 24.6 Å². The molecule has 4 aliphatic rings. The lowest BCUT2D eigenvalue weighted by molar-refractivity contribution is -0.152. The summed E-state index contributed by atoms with van der Waals surface area (Å²) in [6, 6.07) is 0. The Balaban J connectivity index is 1.75. The molecule has 10 heteroatoms. The molecule has 0 fully saturated rings. The van der Waals surface area contributed by atoms with Crippen LogP contribution in [0.25, 0.3) is 0 Å². The minimum absolute atomic E-state index is 0.0595. The van der Waals surface area contributed by atoms with Gasteiger partial charge in [0.2, 0.25) is 5.78 Å². The Hall–Kier alpha value is -4.47. The van der Waals surface area contributed by atoms with Crippen molar-refractivity contribution in [2.24, 2.45) is 23.7 Å². The number of benzene rings is 1. The van der Waals surface area contributed by atoms with Gasteiger partial charge in [-0.1, -0.05) is 45.9 Å². The number of allylic oxidation sites excluding steroid dienone is 6. The smallest absolute Gasteiger partial charge is 0.312 e. The summed E-state index contributed by atoms with van der Waals surface area (Å²) < 4.78 is 17.5. The highest BCUT2D eigenvalue weighted by molar-refractivity contribution is 6.30. The SMILES string of the molecule is CC(=O)O[C@@H]1[C@H](C)C/C=C/O[C@@]2(C)Oc3c(C)c(O)c4c(c3C2=O)C(=O)C=C(NC(=O)/C(C)=C\C=C\[C@H](C)C[C@@H](C)C[C@H]1C)C4=O. The number of hydrogen-bond acceptors (Lipinski definition) is 9. The molecule has 0 unspecified atom stereocenters. The number of fused-ring (bicyclic) bond motifs is 14. The van der Waals surface area contributed by atoms with Gasteiger partial charge in [0, 0.05) is 31.1 Å². The van der Waals surface area contributed by atoms with Gasteiger partial charge in [-0.25, -0.2) is 0 Å². The molecule has 3 heterocycles. The third kappa shape index (κ3) is 6.85. The van der Waals surface area contributed by atoms with Crippen molar-refractivity contribution in [3.8, 4) is 11.5 Å². The molecule has 6 atom stereocenters. The Morgan fingerprint density at radius 2 is 1.72 bits per heavy atom. The molecule has 0 spiro atoms. The van der Waals surface area contributed by atoms with E-state index >= 15 is 0 Å². The highest BCUT2D eigenvalue weighted by Gasteiger charge is 2.51. The Bertz CT molecular complexity index is 1600. The van der Waals surface area contributed by atoms with Crippen molar-refractivity contribution in [2.45, 2.75) is 86.5 Å². The van der Waals surface area contributed by atoms with Crippen molar-refractivity contribution in [1.29, 1.82) is 0 Å². The number of carbonyl (C=O) groups excluding carboxylic acids is 5. The predicted molar refractivity (Wildman–Crippen MR) is 170 cm³/mol. The lowest BCUT2D eigenvalue weighted by Gasteiger charge is -2.30. The average Bonchev–Trinajstić information content (AvgIpc) is 3.23. The summed E-state index contributed by atoms with van der Waals surface area (Å²) in [4.78, 5) is 65.7. The molecule has 0 saturated carbocycles. The molecule has 0 radical (unpaired) electrons. The third-order valence-corrected chi connectivity index (χ3v) is 8.85. The molecule has 1 aliphatic carbocycles. The molecule has 0 aromatic heterocycles. The van der Waals surface area contributed by atoms with Crippen molar-refractivity contribution in [3.63, 3.8) is 0 Å². The van der Waals surface area contributed by atoms with E-state index in [4.69, 9.17) is 14.2 Å². The normalized spacial score (nSPS) is 31.5. The molecule has 1 aromatic rings. The van der Waals surface area contributed by atoms with Gasteiger partial charge in [0.25, 0.3) is 11.7 Å². The van der Waals surface area contributed by atoms with Gasteiger partial charge in [-0.2, -0.15) is 0 Å². The third-order valence-electron chi connectivity index (χ3n) is 8.85. The van der Waals surface area contributed by atoms with E-state index in [2.05, 4.69) is 26.1 Å². The zero-order valence-electron chi connectivity index (χ0n) is 27.7. The maximum atomic E-state index is 13.7. The van der Waals surface area contributed by atoms with Crippen LogP contribution in [0.4, 0.5) is 0 Å². The number of amides is 1. The molecule has 3 aliphatic heterocycles. The minimum atomic E-state index is -1.88. The molecule has 2 N–H and O–H groups in total. The number of hydrogen-bond donors (Lipinski definition) is 2. The van der Waals surface area contributed by atoms with E-state index in [1.165, 1.54) is 27.0 Å². The Morgan fingerprint density at radius 1 is 1.02 bits per heavy atom. The minimum Gasteiger partial charge on any atom is -0.507 e. The summed E-state index contributed by atoms with van der Waals surface area (Å²) >= 11 is 0. The predicted octanol–water partition coefficient (Wildman–Crippen LogP) is 6.06. The topological polar surface area (TPSA) is 145 Å². The summed E-state index contributed by atoms with van der Waals surface area (Å²) in [6.45, 7) is 14.1. The standard InChI is InChI=1S/C36H43NO9/c1-18-11-9-12-21(4)35(43)37-25-17-26(39)27-28(31(25)41)30(40)23(6)33-29(27)34(42)36(8,46-33)44-14-10-13-20(3)32(45-24(7)38)22(5)16-19(2)15-18/h9-12,14,17-20,22,32,40H,13,15-16H2,1-8H3,(H,37,43)/b11-9+,14-10+,21-12-/t18-,19+,20+,22+,32+,36-/m0/s1. The molecule has 46 heavy (non-hydrogen) atoms. The number of phenols is 1. The first-order valence-corrected chi connectivity index (χ1v) is 15.7. The summed E-state index contributed by atoms with van der Waals surface area (Å²) in [5, 5.41) is 13.5. The fourth-order valence-corrected chi connectivity index (χ4v) is 6.52. The maximum Gasteiger partial charge on any atom is 0.312 e. The monoisotopic (exact) mass is 633 g/mol. The van der Waals surface area contributed by atoms with E-state index in [0.717, 1.165) is 18.9 Å².